The van der Waals surface area contributed by atoms with Gasteiger partial charge in [-0.2, -0.15) is 0 Å². The topological polar surface area (TPSA) is 61.6 Å². The van der Waals surface area contributed by atoms with Crippen molar-refractivity contribution in [2.45, 2.75) is 19.3 Å². The minimum atomic E-state index is 0.266. The molecule has 0 aliphatic carbocycles. The Hall–Kier alpha value is -1.07. The van der Waals surface area contributed by atoms with Crippen LogP contribution in [0.1, 0.15) is 35.2 Å². The number of aldehydes is 1. The maximum Gasteiger partial charge on any atom is 0.173 e. The Bertz CT molecular complexity index is 462. The Morgan fingerprint density at radius 2 is 2.11 bits per heavy atom. The van der Waals surface area contributed by atoms with Gasteiger partial charge < -0.3 is 15.2 Å². The van der Waals surface area contributed by atoms with E-state index in [0.717, 1.165) is 22.7 Å². The van der Waals surface area contributed by atoms with E-state index in [0.29, 0.717) is 36.8 Å². The Kier molecular flexibility index (Phi) is 4.24. The zero-order valence-electron chi connectivity index (χ0n) is 10.2. The lowest BCUT2D eigenvalue weighted by Crippen LogP contribution is -2.19. The van der Waals surface area contributed by atoms with Crippen LogP contribution >= 0.6 is 15.9 Å². The SMILES string of the molecule is CC(CCN)c1cc(Br)c(C=O)c2c1OCCO2. The maximum absolute atomic E-state index is 11.1. The van der Waals surface area contributed by atoms with Gasteiger partial charge in [-0.05, 0) is 40.9 Å². The zero-order chi connectivity index (χ0) is 13.1. The predicted octanol–water partition coefficient (Wildman–Crippen LogP) is 2.49. The molecule has 0 aromatic heterocycles. The van der Waals surface area contributed by atoms with Crippen molar-refractivity contribution in [3.8, 4) is 11.5 Å². The Balaban J connectivity index is 2.53. The van der Waals surface area contributed by atoms with Gasteiger partial charge in [0.05, 0.1) is 5.56 Å². The molecule has 0 radical (unpaired) electrons. The molecule has 0 spiro atoms. The molecule has 0 saturated carbocycles. The highest BCUT2D eigenvalue weighted by atomic mass is 79.9. The number of nitrogens with two attached hydrogens (primary N) is 1. The van der Waals surface area contributed by atoms with Gasteiger partial charge in [-0.15, -0.1) is 0 Å². The molecular formula is C13H16BrNO3. The first kappa shape index (κ1) is 13.4. The second-order valence-corrected chi connectivity index (χ2v) is 5.17. The van der Waals surface area contributed by atoms with E-state index in [1.54, 1.807) is 0 Å². The maximum atomic E-state index is 11.1. The normalized spacial score (nSPS) is 15.3. The molecule has 1 atom stereocenters. The summed E-state index contributed by atoms with van der Waals surface area (Å²) in [6.45, 7) is 3.68. The largest absolute Gasteiger partial charge is 0.486 e. The molecule has 0 saturated heterocycles. The summed E-state index contributed by atoms with van der Waals surface area (Å²) in [4.78, 5) is 11.1. The number of carbonyl (C=O) groups excluding carboxylic acids is 1. The molecule has 2 rings (SSSR count). The number of ether oxygens (including phenoxy) is 2. The lowest BCUT2D eigenvalue weighted by Gasteiger charge is -2.25. The van der Waals surface area contributed by atoms with Crippen molar-refractivity contribution < 1.29 is 14.3 Å². The Morgan fingerprint density at radius 1 is 1.44 bits per heavy atom. The fraction of sp³-hybridized carbons (Fsp3) is 0.462. The lowest BCUT2D eigenvalue weighted by molar-refractivity contribution is 0.111. The van der Waals surface area contributed by atoms with Crippen LogP contribution in [-0.4, -0.2) is 26.0 Å². The summed E-state index contributed by atoms with van der Waals surface area (Å²) in [5, 5.41) is 0. The van der Waals surface area contributed by atoms with Crippen LogP contribution in [0.5, 0.6) is 11.5 Å². The Labute approximate surface area is 115 Å². The summed E-state index contributed by atoms with van der Waals surface area (Å²) in [6.07, 6.45) is 1.65. The van der Waals surface area contributed by atoms with Crippen molar-refractivity contribution in [1.29, 1.82) is 0 Å². The summed E-state index contributed by atoms with van der Waals surface area (Å²) in [6, 6.07) is 1.93. The average Bonchev–Trinajstić information content (AvgIpc) is 2.38. The summed E-state index contributed by atoms with van der Waals surface area (Å²) >= 11 is 3.41. The van der Waals surface area contributed by atoms with Crippen molar-refractivity contribution in [2.24, 2.45) is 5.73 Å². The van der Waals surface area contributed by atoms with Gasteiger partial charge in [-0.25, -0.2) is 0 Å². The third-order valence-corrected chi connectivity index (χ3v) is 3.73. The van der Waals surface area contributed by atoms with E-state index in [4.69, 9.17) is 15.2 Å². The van der Waals surface area contributed by atoms with Crippen LogP contribution in [0.4, 0.5) is 0 Å². The number of fused-ring (bicyclic) bond motifs is 1. The van der Waals surface area contributed by atoms with Gasteiger partial charge in [0.25, 0.3) is 0 Å². The first-order chi connectivity index (χ1) is 8.69. The second kappa shape index (κ2) is 5.71. The van der Waals surface area contributed by atoms with Gasteiger partial charge in [0.1, 0.15) is 13.2 Å². The summed E-state index contributed by atoms with van der Waals surface area (Å²) in [7, 11) is 0. The smallest absolute Gasteiger partial charge is 0.173 e. The van der Waals surface area contributed by atoms with Crippen molar-refractivity contribution in [3.05, 3.63) is 21.7 Å². The second-order valence-electron chi connectivity index (χ2n) is 4.31. The minimum Gasteiger partial charge on any atom is -0.486 e. The van der Waals surface area contributed by atoms with E-state index in [-0.39, 0.29) is 5.92 Å². The number of hydrogen-bond donors (Lipinski definition) is 1. The number of benzene rings is 1. The van der Waals surface area contributed by atoms with Crippen LogP contribution in [0.25, 0.3) is 0 Å². The third kappa shape index (κ3) is 2.37. The third-order valence-electron chi connectivity index (χ3n) is 3.08. The van der Waals surface area contributed by atoms with E-state index < -0.39 is 0 Å². The van der Waals surface area contributed by atoms with E-state index in [2.05, 4.69) is 22.9 Å². The van der Waals surface area contributed by atoms with Crippen LogP contribution in [0.3, 0.4) is 0 Å². The molecule has 0 amide bonds. The minimum absolute atomic E-state index is 0.266. The predicted molar refractivity (Wildman–Crippen MR) is 72.6 cm³/mol. The number of hydrogen-bond acceptors (Lipinski definition) is 4. The quantitative estimate of drug-likeness (QED) is 0.867. The van der Waals surface area contributed by atoms with Gasteiger partial charge in [0.2, 0.25) is 0 Å². The van der Waals surface area contributed by atoms with Crippen LogP contribution in [0.15, 0.2) is 10.5 Å². The summed E-state index contributed by atoms with van der Waals surface area (Å²) in [5.41, 5.74) is 7.14. The van der Waals surface area contributed by atoms with Crippen LogP contribution in [-0.2, 0) is 0 Å². The van der Waals surface area contributed by atoms with E-state index in [1.165, 1.54) is 0 Å². The molecule has 18 heavy (non-hydrogen) atoms. The zero-order valence-corrected chi connectivity index (χ0v) is 11.8. The molecule has 1 unspecified atom stereocenters. The molecule has 1 aliphatic heterocycles. The first-order valence-corrected chi connectivity index (χ1v) is 6.75. The van der Waals surface area contributed by atoms with Crippen LogP contribution in [0.2, 0.25) is 0 Å². The van der Waals surface area contributed by atoms with Crippen molar-refractivity contribution in [2.75, 3.05) is 19.8 Å². The van der Waals surface area contributed by atoms with Gasteiger partial charge >= 0.3 is 0 Å². The van der Waals surface area contributed by atoms with Gasteiger partial charge in [0, 0.05) is 10.0 Å². The molecule has 5 heteroatoms. The number of carbonyl (C=O) groups is 1. The monoisotopic (exact) mass is 313 g/mol. The molecule has 1 aromatic carbocycles. The van der Waals surface area contributed by atoms with Crippen LogP contribution < -0.4 is 15.2 Å². The summed E-state index contributed by atoms with van der Waals surface area (Å²) < 4.78 is 12.0. The standard InChI is InChI=1S/C13H16BrNO3/c1-8(2-3-15)9-6-11(14)10(7-16)13-12(9)17-4-5-18-13/h6-8H,2-5,15H2,1H3. The Morgan fingerprint density at radius 3 is 2.72 bits per heavy atom. The first-order valence-electron chi connectivity index (χ1n) is 5.96. The number of halogens is 1. The molecular weight excluding hydrogens is 298 g/mol. The summed E-state index contributed by atoms with van der Waals surface area (Å²) in [5.74, 6) is 1.50. The number of rotatable bonds is 4. The van der Waals surface area contributed by atoms with Gasteiger partial charge in [-0.1, -0.05) is 6.92 Å². The molecule has 2 N–H and O–H groups in total. The van der Waals surface area contributed by atoms with Crippen molar-refractivity contribution >= 4 is 22.2 Å². The lowest BCUT2D eigenvalue weighted by atomic mass is 9.95. The van der Waals surface area contributed by atoms with Crippen molar-refractivity contribution in [3.63, 3.8) is 0 Å². The van der Waals surface area contributed by atoms with Gasteiger partial charge in [0.15, 0.2) is 17.8 Å². The highest BCUT2D eigenvalue weighted by Gasteiger charge is 2.24. The molecule has 0 bridgehead atoms. The van der Waals surface area contributed by atoms with Gasteiger partial charge in [-0.3, -0.25) is 4.79 Å². The average molecular weight is 314 g/mol. The molecule has 0 fully saturated rings. The van der Waals surface area contributed by atoms with Crippen molar-refractivity contribution in [1.82, 2.24) is 0 Å². The van der Waals surface area contributed by atoms with E-state index >= 15 is 0 Å². The molecule has 98 valence electrons. The molecule has 1 heterocycles. The fourth-order valence-electron chi connectivity index (χ4n) is 2.10. The highest BCUT2D eigenvalue weighted by molar-refractivity contribution is 9.10. The fourth-order valence-corrected chi connectivity index (χ4v) is 2.62. The molecule has 4 nitrogen and oxygen atoms in total. The van der Waals surface area contributed by atoms with E-state index in [1.807, 2.05) is 6.07 Å². The molecule has 1 aliphatic rings. The molecule has 1 aromatic rings. The van der Waals surface area contributed by atoms with E-state index in [9.17, 15) is 4.79 Å². The van der Waals surface area contributed by atoms with Crippen LogP contribution in [0, 0.1) is 0 Å². The highest BCUT2D eigenvalue weighted by Crippen LogP contribution is 2.43.